The molecule has 1 heterocycles. The Morgan fingerprint density at radius 3 is 2.55 bits per heavy atom. The summed E-state index contributed by atoms with van der Waals surface area (Å²) in [7, 11) is 1.85. The van der Waals surface area contributed by atoms with Crippen molar-refractivity contribution in [1.29, 1.82) is 0 Å². The molecule has 120 valence electrons. The topological polar surface area (TPSA) is 61.9 Å². The van der Waals surface area contributed by atoms with Gasteiger partial charge in [0.15, 0.2) is 0 Å². The minimum atomic E-state index is -2.84. The minimum absolute atomic E-state index is 0.0497. The fourth-order valence-electron chi connectivity index (χ4n) is 2.12. The fourth-order valence-corrected chi connectivity index (χ4v) is 2.12. The largest absolute Gasteiger partial charge is 0.435 e. The molecule has 0 unspecified atom stereocenters. The number of hydrogen-bond acceptors (Lipinski definition) is 4. The maximum atomic E-state index is 12.0. The molecular formula is C14H17F2N3O3. The zero-order chi connectivity index (χ0) is 16.1. The zero-order valence-electron chi connectivity index (χ0n) is 12.1. The number of benzene rings is 1. The SMILES string of the molecule is CN(CCN1C(=O)CNC1=O)Cc1ccc(OC(F)F)cc1. The molecule has 6 nitrogen and oxygen atoms in total. The molecule has 3 amide bonds. The van der Waals surface area contributed by atoms with Crippen molar-refractivity contribution < 1.29 is 23.1 Å². The van der Waals surface area contributed by atoms with Crippen LogP contribution in [0.5, 0.6) is 5.75 Å². The summed E-state index contributed by atoms with van der Waals surface area (Å²) in [6, 6.07) is 5.98. The van der Waals surface area contributed by atoms with Crippen LogP contribution in [0.2, 0.25) is 0 Å². The van der Waals surface area contributed by atoms with Crippen molar-refractivity contribution in [1.82, 2.24) is 15.1 Å². The van der Waals surface area contributed by atoms with Crippen molar-refractivity contribution in [2.75, 3.05) is 26.7 Å². The molecule has 0 bridgehead atoms. The summed E-state index contributed by atoms with van der Waals surface area (Å²) in [4.78, 5) is 25.9. The van der Waals surface area contributed by atoms with E-state index in [1.54, 1.807) is 12.1 Å². The molecule has 0 radical (unpaired) electrons. The van der Waals surface area contributed by atoms with Gasteiger partial charge in [-0.3, -0.25) is 9.69 Å². The van der Waals surface area contributed by atoms with Gasteiger partial charge in [-0.25, -0.2) is 4.79 Å². The van der Waals surface area contributed by atoms with Crippen LogP contribution in [-0.4, -0.2) is 55.0 Å². The highest BCUT2D eigenvalue weighted by molar-refractivity contribution is 6.01. The van der Waals surface area contributed by atoms with Gasteiger partial charge in [0.25, 0.3) is 0 Å². The van der Waals surface area contributed by atoms with E-state index in [1.165, 1.54) is 17.0 Å². The lowest BCUT2D eigenvalue weighted by atomic mass is 10.2. The number of imide groups is 1. The summed E-state index contributed by atoms with van der Waals surface area (Å²) in [5.41, 5.74) is 0.918. The lowest BCUT2D eigenvalue weighted by Gasteiger charge is -2.20. The minimum Gasteiger partial charge on any atom is -0.435 e. The second kappa shape index (κ2) is 7.17. The average molecular weight is 313 g/mol. The van der Waals surface area contributed by atoms with Gasteiger partial charge >= 0.3 is 12.6 Å². The molecule has 0 saturated carbocycles. The lowest BCUT2D eigenvalue weighted by Crippen LogP contribution is -2.37. The van der Waals surface area contributed by atoms with Gasteiger partial charge < -0.3 is 15.0 Å². The van der Waals surface area contributed by atoms with E-state index in [9.17, 15) is 18.4 Å². The van der Waals surface area contributed by atoms with Crippen molar-refractivity contribution in [2.45, 2.75) is 13.2 Å². The summed E-state index contributed by atoms with van der Waals surface area (Å²) in [5.74, 6) is -0.118. The van der Waals surface area contributed by atoms with Gasteiger partial charge in [-0.15, -0.1) is 0 Å². The highest BCUT2D eigenvalue weighted by Crippen LogP contribution is 2.15. The number of carbonyl (C=O) groups is 2. The number of likely N-dealkylation sites (N-methyl/N-ethyl adjacent to an activating group) is 1. The predicted molar refractivity (Wildman–Crippen MR) is 74.5 cm³/mol. The van der Waals surface area contributed by atoms with Gasteiger partial charge in [0.1, 0.15) is 5.75 Å². The number of halogens is 2. The molecule has 8 heteroatoms. The van der Waals surface area contributed by atoms with Crippen molar-refractivity contribution in [3.05, 3.63) is 29.8 Å². The number of nitrogens with one attached hydrogen (secondary N) is 1. The van der Waals surface area contributed by atoms with Gasteiger partial charge in [0.05, 0.1) is 6.54 Å². The Hall–Kier alpha value is -2.22. The molecular weight excluding hydrogens is 296 g/mol. The van der Waals surface area contributed by atoms with Crippen LogP contribution < -0.4 is 10.1 Å². The molecule has 1 aliphatic rings. The average Bonchev–Trinajstić information content (AvgIpc) is 2.77. The Balaban J connectivity index is 1.80. The predicted octanol–water partition coefficient (Wildman–Crippen LogP) is 1.27. The summed E-state index contributed by atoms with van der Waals surface area (Å²) in [5, 5.41) is 2.46. The van der Waals surface area contributed by atoms with Crippen molar-refractivity contribution in [3.63, 3.8) is 0 Å². The number of amides is 3. The molecule has 0 aliphatic carbocycles. The van der Waals surface area contributed by atoms with Crippen LogP contribution in [0, 0.1) is 0 Å². The summed E-state index contributed by atoms with van der Waals surface area (Å²) < 4.78 is 28.4. The first-order chi connectivity index (χ1) is 10.5. The molecule has 1 N–H and O–H groups in total. The maximum absolute atomic E-state index is 12.0. The molecule has 1 saturated heterocycles. The normalized spacial score (nSPS) is 14.9. The number of nitrogens with zero attached hydrogens (tertiary/aromatic N) is 2. The quantitative estimate of drug-likeness (QED) is 0.770. The van der Waals surface area contributed by atoms with E-state index in [0.29, 0.717) is 19.6 Å². The number of rotatable bonds is 7. The van der Waals surface area contributed by atoms with Crippen LogP contribution >= 0.6 is 0 Å². The van der Waals surface area contributed by atoms with Crippen LogP contribution in [0.4, 0.5) is 13.6 Å². The van der Waals surface area contributed by atoms with E-state index in [-0.39, 0.29) is 24.2 Å². The smallest absolute Gasteiger partial charge is 0.387 e. The molecule has 22 heavy (non-hydrogen) atoms. The lowest BCUT2D eigenvalue weighted by molar-refractivity contribution is -0.125. The van der Waals surface area contributed by atoms with Gasteiger partial charge in [0.2, 0.25) is 5.91 Å². The maximum Gasteiger partial charge on any atom is 0.387 e. The Labute approximate surface area is 126 Å². The van der Waals surface area contributed by atoms with Crippen molar-refractivity contribution in [2.24, 2.45) is 0 Å². The van der Waals surface area contributed by atoms with E-state index in [4.69, 9.17) is 0 Å². The van der Waals surface area contributed by atoms with Crippen LogP contribution in [-0.2, 0) is 11.3 Å². The molecule has 1 fully saturated rings. The van der Waals surface area contributed by atoms with E-state index >= 15 is 0 Å². The van der Waals surface area contributed by atoms with E-state index < -0.39 is 6.61 Å². The fraction of sp³-hybridized carbons (Fsp3) is 0.429. The number of ether oxygens (including phenoxy) is 1. The Morgan fingerprint density at radius 2 is 2.00 bits per heavy atom. The highest BCUT2D eigenvalue weighted by Gasteiger charge is 2.27. The van der Waals surface area contributed by atoms with E-state index in [1.807, 2.05) is 11.9 Å². The third-order valence-electron chi connectivity index (χ3n) is 3.24. The first kappa shape index (κ1) is 16.2. The third-order valence-corrected chi connectivity index (χ3v) is 3.24. The molecule has 2 rings (SSSR count). The monoisotopic (exact) mass is 313 g/mol. The number of hydrogen-bond donors (Lipinski definition) is 1. The van der Waals surface area contributed by atoms with E-state index in [2.05, 4.69) is 10.1 Å². The number of urea groups is 1. The van der Waals surface area contributed by atoms with Gasteiger partial charge in [-0.2, -0.15) is 8.78 Å². The van der Waals surface area contributed by atoms with Crippen LogP contribution in [0.3, 0.4) is 0 Å². The van der Waals surface area contributed by atoms with Crippen molar-refractivity contribution in [3.8, 4) is 5.75 Å². The Morgan fingerprint density at radius 1 is 1.32 bits per heavy atom. The summed E-state index contributed by atoms with van der Waals surface area (Å²) in [6.07, 6.45) is 0. The van der Waals surface area contributed by atoms with Crippen molar-refractivity contribution >= 4 is 11.9 Å². The van der Waals surface area contributed by atoms with Crippen LogP contribution in [0.15, 0.2) is 24.3 Å². The first-order valence-corrected chi connectivity index (χ1v) is 6.76. The molecule has 0 spiro atoms. The molecule has 0 atom stereocenters. The second-order valence-electron chi connectivity index (χ2n) is 4.96. The molecule has 1 aromatic carbocycles. The van der Waals surface area contributed by atoms with Gasteiger partial charge in [-0.05, 0) is 24.7 Å². The summed E-state index contributed by atoms with van der Waals surface area (Å²) in [6.45, 7) is -1.38. The standard InChI is InChI=1S/C14H17F2N3O3/c1-18(6-7-19-12(20)8-17-14(19)21)9-10-2-4-11(5-3-10)22-13(15)16/h2-5,13H,6-9H2,1H3,(H,17,21). The first-order valence-electron chi connectivity index (χ1n) is 6.76. The van der Waals surface area contributed by atoms with E-state index in [0.717, 1.165) is 5.56 Å². The van der Waals surface area contributed by atoms with Crippen LogP contribution in [0.25, 0.3) is 0 Å². The summed E-state index contributed by atoms with van der Waals surface area (Å²) >= 11 is 0. The second-order valence-corrected chi connectivity index (χ2v) is 4.96. The Bertz CT molecular complexity index is 521. The van der Waals surface area contributed by atoms with Gasteiger partial charge in [-0.1, -0.05) is 12.1 Å². The number of carbonyl (C=O) groups excluding carboxylic acids is 2. The number of alkyl halides is 2. The molecule has 1 aromatic rings. The zero-order valence-corrected chi connectivity index (χ0v) is 12.1. The van der Waals surface area contributed by atoms with Crippen LogP contribution in [0.1, 0.15) is 5.56 Å². The van der Waals surface area contributed by atoms with Gasteiger partial charge in [0, 0.05) is 19.6 Å². The molecule has 0 aromatic heterocycles. The highest BCUT2D eigenvalue weighted by atomic mass is 19.3. The Kier molecular flexibility index (Phi) is 5.26. The third kappa shape index (κ3) is 4.39. The molecule has 1 aliphatic heterocycles.